The molecule has 0 fully saturated rings. The van der Waals surface area contributed by atoms with E-state index in [1.54, 1.807) is 0 Å². The summed E-state index contributed by atoms with van der Waals surface area (Å²) in [4.78, 5) is 25.3. The molecule has 1 atom stereocenters. The maximum absolute atomic E-state index is 11.7. The Labute approximate surface area is 140 Å². The number of nitrogens with one attached hydrogen (secondary N) is 2. The van der Waals surface area contributed by atoms with E-state index >= 15 is 0 Å². The molecule has 2 N–H and O–H groups in total. The molecule has 130 valence electrons. The number of amides is 3. The summed E-state index contributed by atoms with van der Waals surface area (Å²) >= 11 is 1.10. The lowest BCUT2D eigenvalue weighted by atomic mass is 10.1. The van der Waals surface area contributed by atoms with Crippen LogP contribution in [0.2, 0.25) is 0 Å². The zero-order chi connectivity index (χ0) is 17.6. The van der Waals surface area contributed by atoms with E-state index in [1.807, 2.05) is 46.7 Å². The molecule has 1 heterocycles. The molecule has 9 heteroatoms. The van der Waals surface area contributed by atoms with E-state index < -0.39 is 17.5 Å². The molecule has 1 aromatic heterocycles. The van der Waals surface area contributed by atoms with Gasteiger partial charge in [-0.25, -0.2) is 4.79 Å². The molecule has 0 aliphatic carbocycles. The Kier molecular flexibility index (Phi) is 7.01. The Morgan fingerprint density at radius 1 is 1.30 bits per heavy atom. The van der Waals surface area contributed by atoms with Crippen molar-refractivity contribution in [3.63, 3.8) is 0 Å². The van der Waals surface area contributed by atoms with Gasteiger partial charge in [0.1, 0.15) is 0 Å². The van der Waals surface area contributed by atoms with Crippen molar-refractivity contribution in [2.24, 2.45) is 0 Å². The Hall–Kier alpha value is -1.61. The predicted molar refractivity (Wildman–Crippen MR) is 88.2 cm³/mol. The lowest BCUT2D eigenvalue weighted by Crippen LogP contribution is -2.48. The summed E-state index contributed by atoms with van der Waals surface area (Å²) < 4.78 is 5.55. The number of nitrogens with zero attached hydrogens (tertiary/aromatic N) is 3. The molecule has 8 nitrogen and oxygen atoms in total. The van der Waals surface area contributed by atoms with Crippen LogP contribution in [0, 0.1) is 0 Å². The van der Waals surface area contributed by atoms with Crippen LogP contribution in [0.3, 0.4) is 0 Å². The largest absolute Gasteiger partial charge is 0.414 e. The third-order valence-corrected chi connectivity index (χ3v) is 3.60. The van der Waals surface area contributed by atoms with Gasteiger partial charge in [0.2, 0.25) is 11.8 Å². The van der Waals surface area contributed by atoms with Crippen LogP contribution < -0.4 is 10.6 Å². The van der Waals surface area contributed by atoms with Gasteiger partial charge in [-0.3, -0.25) is 15.0 Å². The number of carbonyl (C=O) groups is 2. The summed E-state index contributed by atoms with van der Waals surface area (Å²) in [6.07, 6.45) is 0.840. The first-order chi connectivity index (χ1) is 10.6. The molecule has 0 aromatic carbocycles. The molecule has 1 rings (SSSR count). The maximum atomic E-state index is 11.7. The molecular weight excluding hydrogens is 318 g/mol. The highest BCUT2D eigenvalue weighted by Gasteiger charge is 2.20. The third kappa shape index (κ3) is 7.00. The average molecular weight is 343 g/mol. The minimum atomic E-state index is -0.520. The zero-order valence-corrected chi connectivity index (χ0v) is 15.3. The van der Waals surface area contributed by atoms with E-state index in [0.717, 1.165) is 18.2 Å². The van der Waals surface area contributed by atoms with E-state index in [2.05, 4.69) is 20.8 Å². The first kappa shape index (κ1) is 19.4. The van der Waals surface area contributed by atoms with Crippen LogP contribution in [0.1, 0.15) is 46.0 Å². The van der Waals surface area contributed by atoms with Crippen LogP contribution in [0.5, 0.6) is 0 Å². The van der Waals surface area contributed by atoms with Crippen LogP contribution >= 0.6 is 11.8 Å². The molecule has 1 unspecified atom stereocenters. The van der Waals surface area contributed by atoms with Crippen LogP contribution in [0.25, 0.3) is 0 Å². The standard InChI is InChI=1S/C14H25N5O3S/c1-7-9(19(5)6)11-17-18-13(22-11)23-8-10(20)15-12(21)16-14(2,3)4/h9H,7-8H2,1-6H3,(H2,15,16,20,21). The van der Waals surface area contributed by atoms with Crippen molar-refractivity contribution in [3.8, 4) is 0 Å². The predicted octanol–water partition coefficient (Wildman–Crippen LogP) is 1.80. The van der Waals surface area contributed by atoms with Crippen LogP contribution in [-0.4, -0.2) is 52.4 Å². The van der Waals surface area contributed by atoms with Gasteiger partial charge in [-0.2, -0.15) is 0 Å². The first-order valence-electron chi connectivity index (χ1n) is 7.37. The van der Waals surface area contributed by atoms with Crippen molar-refractivity contribution >= 4 is 23.7 Å². The lowest BCUT2D eigenvalue weighted by molar-refractivity contribution is -0.117. The molecule has 0 saturated carbocycles. The second-order valence-electron chi connectivity index (χ2n) is 6.33. The van der Waals surface area contributed by atoms with E-state index in [1.165, 1.54) is 0 Å². The molecule has 23 heavy (non-hydrogen) atoms. The molecule has 1 aromatic rings. The third-order valence-electron chi connectivity index (χ3n) is 2.79. The van der Waals surface area contributed by atoms with Gasteiger partial charge in [-0.05, 0) is 41.3 Å². The van der Waals surface area contributed by atoms with Crippen molar-refractivity contribution in [1.29, 1.82) is 0 Å². The second kappa shape index (κ2) is 8.30. The van der Waals surface area contributed by atoms with Gasteiger partial charge in [0, 0.05) is 5.54 Å². The summed E-state index contributed by atoms with van der Waals surface area (Å²) in [6.45, 7) is 7.53. The van der Waals surface area contributed by atoms with Gasteiger partial charge in [0.15, 0.2) is 0 Å². The van der Waals surface area contributed by atoms with Crippen LogP contribution in [0.4, 0.5) is 4.79 Å². The number of thioether (sulfide) groups is 1. The number of aromatic nitrogens is 2. The van der Waals surface area contributed by atoms with E-state index in [0.29, 0.717) is 11.1 Å². The van der Waals surface area contributed by atoms with Gasteiger partial charge in [-0.1, -0.05) is 18.7 Å². The van der Waals surface area contributed by atoms with E-state index in [4.69, 9.17) is 4.42 Å². The quantitative estimate of drug-likeness (QED) is 0.760. The van der Waals surface area contributed by atoms with Gasteiger partial charge < -0.3 is 9.73 Å². The number of urea groups is 1. The highest BCUT2D eigenvalue weighted by atomic mass is 32.2. The molecular formula is C14H25N5O3S. The van der Waals surface area contributed by atoms with Gasteiger partial charge in [0.25, 0.3) is 5.22 Å². The number of imide groups is 1. The van der Waals surface area contributed by atoms with Crippen molar-refractivity contribution < 1.29 is 14.0 Å². The smallest absolute Gasteiger partial charge is 0.321 e. The molecule has 0 aliphatic rings. The van der Waals surface area contributed by atoms with Crippen molar-refractivity contribution in [2.45, 2.75) is 50.9 Å². The minimum Gasteiger partial charge on any atom is -0.414 e. The molecule has 0 saturated heterocycles. The Morgan fingerprint density at radius 2 is 1.96 bits per heavy atom. The highest BCUT2D eigenvalue weighted by molar-refractivity contribution is 7.99. The van der Waals surface area contributed by atoms with Gasteiger partial charge >= 0.3 is 6.03 Å². The number of hydrogen-bond donors (Lipinski definition) is 2. The number of carbonyl (C=O) groups excluding carboxylic acids is 2. The SMILES string of the molecule is CCC(c1nnc(SCC(=O)NC(=O)NC(C)(C)C)o1)N(C)C. The summed E-state index contributed by atoms with van der Waals surface area (Å²) in [7, 11) is 3.87. The first-order valence-corrected chi connectivity index (χ1v) is 8.35. The fourth-order valence-electron chi connectivity index (χ4n) is 1.84. The average Bonchev–Trinajstić information content (AvgIpc) is 2.83. The normalized spacial score (nSPS) is 13.0. The summed E-state index contributed by atoms with van der Waals surface area (Å²) in [5, 5.41) is 13.1. The van der Waals surface area contributed by atoms with Crippen LogP contribution in [0.15, 0.2) is 9.64 Å². The lowest BCUT2D eigenvalue weighted by Gasteiger charge is -2.20. The van der Waals surface area contributed by atoms with Crippen molar-refractivity contribution in [2.75, 3.05) is 19.8 Å². The zero-order valence-electron chi connectivity index (χ0n) is 14.5. The molecule has 0 radical (unpaired) electrons. The molecule has 0 bridgehead atoms. The minimum absolute atomic E-state index is 0.0257. The fraction of sp³-hybridized carbons (Fsp3) is 0.714. The Balaban J connectivity index is 2.48. The Bertz CT molecular complexity index is 539. The maximum Gasteiger partial charge on any atom is 0.321 e. The topological polar surface area (TPSA) is 100 Å². The van der Waals surface area contributed by atoms with E-state index in [9.17, 15) is 9.59 Å². The fourth-order valence-corrected chi connectivity index (χ4v) is 2.41. The summed E-state index contributed by atoms with van der Waals surface area (Å²) in [5.74, 6) is 0.125. The second-order valence-corrected chi connectivity index (χ2v) is 7.26. The van der Waals surface area contributed by atoms with Gasteiger partial charge in [0.05, 0.1) is 11.8 Å². The number of hydrogen-bond acceptors (Lipinski definition) is 7. The Morgan fingerprint density at radius 3 is 2.48 bits per heavy atom. The molecule has 0 aliphatic heterocycles. The van der Waals surface area contributed by atoms with Crippen molar-refractivity contribution in [3.05, 3.63) is 5.89 Å². The van der Waals surface area contributed by atoms with Crippen LogP contribution in [-0.2, 0) is 4.79 Å². The number of rotatable bonds is 6. The summed E-state index contributed by atoms with van der Waals surface area (Å²) in [6, 6.07) is -0.476. The molecule has 0 spiro atoms. The monoisotopic (exact) mass is 343 g/mol. The van der Waals surface area contributed by atoms with Crippen molar-refractivity contribution in [1.82, 2.24) is 25.7 Å². The highest BCUT2D eigenvalue weighted by Crippen LogP contribution is 2.24. The van der Waals surface area contributed by atoms with Gasteiger partial charge in [-0.15, -0.1) is 10.2 Å². The summed E-state index contributed by atoms with van der Waals surface area (Å²) in [5.41, 5.74) is -0.403. The molecule has 3 amide bonds. The van der Waals surface area contributed by atoms with E-state index in [-0.39, 0.29) is 11.8 Å².